The average molecular weight is 213 g/mol. The van der Waals surface area contributed by atoms with E-state index in [2.05, 4.69) is 4.72 Å². The summed E-state index contributed by atoms with van der Waals surface area (Å²) < 4.78 is 25.3. The first-order valence-electron chi connectivity index (χ1n) is 4.55. The van der Waals surface area contributed by atoms with Gasteiger partial charge in [0.15, 0.2) is 0 Å². The van der Waals surface area contributed by atoms with Gasteiger partial charge in [-0.25, -0.2) is 13.1 Å². The van der Waals surface area contributed by atoms with E-state index < -0.39 is 10.0 Å². The first-order valence-corrected chi connectivity index (χ1v) is 6.09. The molecule has 0 aromatic heterocycles. The van der Waals surface area contributed by atoms with Crippen molar-refractivity contribution >= 4 is 10.0 Å². The van der Waals surface area contributed by atoms with Crippen LogP contribution < -0.4 is 4.72 Å². The minimum Gasteiger partial charge on any atom is -0.212 e. The number of sulfonamides is 1. The van der Waals surface area contributed by atoms with E-state index in [1.807, 2.05) is 30.3 Å². The van der Waals surface area contributed by atoms with Crippen molar-refractivity contribution in [2.75, 3.05) is 0 Å². The number of benzene rings is 1. The molecule has 0 aliphatic rings. The summed E-state index contributed by atoms with van der Waals surface area (Å²) in [5, 5.41) is -0.383. The van der Waals surface area contributed by atoms with Crippen LogP contribution in [0.15, 0.2) is 30.3 Å². The van der Waals surface area contributed by atoms with E-state index in [1.165, 1.54) is 0 Å². The van der Waals surface area contributed by atoms with Gasteiger partial charge in [0.2, 0.25) is 10.0 Å². The Morgan fingerprint density at radius 2 is 1.79 bits per heavy atom. The zero-order chi connectivity index (χ0) is 10.6. The average Bonchev–Trinajstić information content (AvgIpc) is 2.16. The summed E-state index contributed by atoms with van der Waals surface area (Å²) in [6.07, 6.45) is 0. The summed E-state index contributed by atoms with van der Waals surface area (Å²) >= 11 is 0. The molecule has 0 spiro atoms. The van der Waals surface area contributed by atoms with Gasteiger partial charge >= 0.3 is 0 Å². The molecular formula is C10H15NO2S. The molecule has 0 bridgehead atoms. The molecule has 78 valence electrons. The van der Waals surface area contributed by atoms with E-state index >= 15 is 0 Å². The highest BCUT2D eigenvalue weighted by molar-refractivity contribution is 7.90. The normalized spacial score (nSPS) is 11.9. The van der Waals surface area contributed by atoms with Crippen LogP contribution in [0.1, 0.15) is 19.4 Å². The third kappa shape index (κ3) is 3.12. The van der Waals surface area contributed by atoms with Gasteiger partial charge in [-0.1, -0.05) is 30.3 Å². The Labute approximate surface area is 85.2 Å². The minimum absolute atomic E-state index is 0.362. The first-order chi connectivity index (χ1) is 6.52. The molecule has 0 radical (unpaired) electrons. The van der Waals surface area contributed by atoms with Crippen LogP contribution in [0.4, 0.5) is 0 Å². The second kappa shape index (κ2) is 4.57. The van der Waals surface area contributed by atoms with E-state index in [4.69, 9.17) is 0 Å². The smallest absolute Gasteiger partial charge is 0.212 e. The molecule has 0 aliphatic heterocycles. The molecule has 1 aromatic carbocycles. The SMILES string of the molecule is CC(C)S(=O)(=O)NCc1ccccc1. The van der Waals surface area contributed by atoms with Crippen molar-refractivity contribution in [1.29, 1.82) is 0 Å². The van der Waals surface area contributed by atoms with Crippen molar-refractivity contribution in [3.05, 3.63) is 35.9 Å². The highest BCUT2D eigenvalue weighted by Gasteiger charge is 2.14. The summed E-state index contributed by atoms with van der Waals surface area (Å²) in [5.41, 5.74) is 0.969. The molecule has 0 amide bonds. The van der Waals surface area contributed by atoms with Gasteiger partial charge in [-0.3, -0.25) is 0 Å². The number of hydrogen-bond donors (Lipinski definition) is 1. The summed E-state index contributed by atoms with van der Waals surface area (Å²) in [6.45, 7) is 3.68. The molecule has 0 heterocycles. The van der Waals surface area contributed by atoms with Crippen molar-refractivity contribution in [2.45, 2.75) is 25.6 Å². The van der Waals surface area contributed by atoms with Crippen LogP contribution in [-0.4, -0.2) is 13.7 Å². The predicted molar refractivity (Wildman–Crippen MR) is 57.3 cm³/mol. The van der Waals surface area contributed by atoms with Gasteiger partial charge in [0.25, 0.3) is 0 Å². The third-order valence-corrected chi connectivity index (χ3v) is 3.73. The molecule has 14 heavy (non-hydrogen) atoms. The molecule has 3 nitrogen and oxygen atoms in total. The Bertz CT molecular complexity index is 370. The van der Waals surface area contributed by atoms with Crippen LogP contribution in [0.2, 0.25) is 0 Å². The maximum atomic E-state index is 11.4. The summed E-state index contributed by atoms with van der Waals surface area (Å²) in [4.78, 5) is 0. The van der Waals surface area contributed by atoms with Crippen LogP contribution in [0.3, 0.4) is 0 Å². The second-order valence-corrected chi connectivity index (χ2v) is 5.72. The van der Waals surface area contributed by atoms with E-state index in [0.29, 0.717) is 6.54 Å². The Morgan fingerprint density at radius 3 is 2.29 bits per heavy atom. The fourth-order valence-electron chi connectivity index (χ4n) is 0.946. The van der Waals surface area contributed by atoms with Gasteiger partial charge in [0.05, 0.1) is 5.25 Å². The summed E-state index contributed by atoms with van der Waals surface area (Å²) in [7, 11) is -3.15. The number of nitrogens with one attached hydrogen (secondary N) is 1. The van der Waals surface area contributed by atoms with Gasteiger partial charge in [0.1, 0.15) is 0 Å². The quantitative estimate of drug-likeness (QED) is 0.824. The molecule has 0 aliphatic carbocycles. The molecular weight excluding hydrogens is 198 g/mol. The van der Waals surface area contributed by atoms with Gasteiger partial charge in [0, 0.05) is 6.54 Å². The highest BCUT2D eigenvalue weighted by atomic mass is 32.2. The van der Waals surface area contributed by atoms with Crippen LogP contribution in [0.5, 0.6) is 0 Å². The van der Waals surface area contributed by atoms with E-state index in [1.54, 1.807) is 13.8 Å². The second-order valence-electron chi connectivity index (χ2n) is 3.40. The topological polar surface area (TPSA) is 46.2 Å². The van der Waals surface area contributed by atoms with Crippen LogP contribution in [0, 0.1) is 0 Å². The zero-order valence-electron chi connectivity index (χ0n) is 8.40. The van der Waals surface area contributed by atoms with Crippen LogP contribution >= 0.6 is 0 Å². The van der Waals surface area contributed by atoms with Gasteiger partial charge in [-0.05, 0) is 19.4 Å². The maximum Gasteiger partial charge on any atom is 0.214 e. The lowest BCUT2D eigenvalue weighted by atomic mass is 10.2. The Hall–Kier alpha value is -0.870. The van der Waals surface area contributed by atoms with Crippen molar-refractivity contribution < 1.29 is 8.42 Å². The van der Waals surface area contributed by atoms with Crippen LogP contribution in [-0.2, 0) is 16.6 Å². The molecule has 0 fully saturated rings. The lowest BCUT2D eigenvalue weighted by Gasteiger charge is -2.08. The summed E-state index contributed by atoms with van der Waals surface area (Å²) in [5.74, 6) is 0. The number of rotatable bonds is 4. The van der Waals surface area contributed by atoms with Gasteiger partial charge in [-0.2, -0.15) is 0 Å². The lowest BCUT2D eigenvalue weighted by molar-refractivity contribution is 0.572. The largest absolute Gasteiger partial charge is 0.214 e. The van der Waals surface area contributed by atoms with E-state index in [0.717, 1.165) is 5.56 Å². The van der Waals surface area contributed by atoms with Crippen molar-refractivity contribution in [3.63, 3.8) is 0 Å². The van der Waals surface area contributed by atoms with E-state index in [-0.39, 0.29) is 5.25 Å². The molecule has 1 aromatic rings. The Balaban J connectivity index is 2.58. The molecule has 4 heteroatoms. The number of hydrogen-bond acceptors (Lipinski definition) is 2. The van der Waals surface area contributed by atoms with E-state index in [9.17, 15) is 8.42 Å². The van der Waals surface area contributed by atoms with Crippen LogP contribution in [0.25, 0.3) is 0 Å². The maximum absolute atomic E-state index is 11.4. The van der Waals surface area contributed by atoms with Gasteiger partial charge < -0.3 is 0 Å². The predicted octanol–water partition coefficient (Wildman–Crippen LogP) is 1.51. The molecule has 0 saturated carbocycles. The highest BCUT2D eigenvalue weighted by Crippen LogP contribution is 2.01. The Morgan fingerprint density at radius 1 is 1.21 bits per heavy atom. The molecule has 0 unspecified atom stereocenters. The molecule has 1 N–H and O–H groups in total. The molecule has 1 rings (SSSR count). The first kappa shape index (κ1) is 11.2. The standard InChI is InChI=1S/C10H15NO2S/c1-9(2)14(12,13)11-8-10-6-4-3-5-7-10/h3-7,9,11H,8H2,1-2H3. The lowest BCUT2D eigenvalue weighted by Crippen LogP contribution is -2.30. The van der Waals surface area contributed by atoms with Crippen molar-refractivity contribution in [3.8, 4) is 0 Å². The minimum atomic E-state index is -3.15. The molecule has 0 atom stereocenters. The fourth-order valence-corrected chi connectivity index (χ4v) is 1.65. The monoisotopic (exact) mass is 213 g/mol. The molecule has 0 saturated heterocycles. The third-order valence-electron chi connectivity index (χ3n) is 1.94. The van der Waals surface area contributed by atoms with Crippen molar-refractivity contribution in [2.24, 2.45) is 0 Å². The van der Waals surface area contributed by atoms with Crippen molar-refractivity contribution in [1.82, 2.24) is 4.72 Å². The Kier molecular flexibility index (Phi) is 3.66. The summed E-state index contributed by atoms with van der Waals surface area (Å²) in [6, 6.07) is 9.46. The zero-order valence-corrected chi connectivity index (χ0v) is 9.21. The fraction of sp³-hybridized carbons (Fsp3) is 0.400. The van der Waals surface area contributed by atoms with Gasteiger partial charge in [-0.15, -0.1) is 0 Å².